The molecule has 2 nitrogen and oxygen atoms in total. The first kappa shape index (κ1) is 12.0. The average Bonchev–Trinajstić information content (AvgIpc) is 2.58. The van der Waals surface area contributed by atoms with Gasteiger partial charge in [0, 0.05) is 6.04 Å². The van der Waals surface area contributed by atoms with Crippen LogP contribution in [0.3, 0.4) is 0 Å². The smallest absolute Gasteiger partial charge is 0.00674 e. The van der Waals surface area contributed by atoms with Crippen LogP contribution in [0.4, 0.5) is 0 Å². The summed E-state index contributed by atoms with van der Waals surface area (Å²) in [5.41, 5.74) is 0. The zero-order valence-electron chi connectivity index (χ0n) is 9.89. The Morgan fingerprint density at radius 3 is 2.64 bits per heavy atom. The number of unbranched alkanes of at least 4 members (excludes halogenated alkanes) is 3. The predicted octanol–water partition coefficient (Wildman–Crippen LogP) is 2.25. The van der Waals surface area contributed by atoms with Gasteiger partial charge in [-0.1, -0.05) is 12.8 Å². The third kappa shape index (κ3) is 4.43. The summed E-state index contributed by atoms with van der Waals surface area (Å²) in [6, 6.07) is 0.854. The highest BCUT2D eigenvalue weighted by atomic mass is 15.2. The number of likely N-dealkylation sites (tertiary alicyclic amines) is 1. The fourth-order valence-electron chi connectivity index (χ4n) is 2.30. The normalized spacial score (nSPS) is 23.1. The standard InChI is InChI=1S/C12H26N2/c1-12-8-7-11-14(12)10-6-4-3-5-9-13-2/h12-13H,3-11H2,1-2H3. The van der Waals surface area contributed by atoms with Crippen molar-refractivity contribution in [2.75, 3.05) is 26.7 Å². The molecule has 84 valence electrons. The first-order chi connectivity index (χ1) is 6.84. The molecule has 2 heteroatoms. The van der Waals surface area contributed by atoms with Gasteiger partial charge in [-0.05, 0) is 59.3 Å². The van der Waals surface area contributed by atoms with Crippen LogP contribution in [0.5, 0.6) is 0 Å². The second-order valence-electron chi connectivity index (χ2n) is 4.54. The third-order valence-corrected chi connectivity index (χ3v) is 3.31. The minimum Gasteiger partial charge on any atom is -0.320 e. The molecule has 0 aromatic heterocycles. The van der Waals surface area contributed by atoms with Crippen molar-refractivity contribution in [1.29, 1.82) is 0 Å². The zero-order valence-corrected chi connectivity index (χ0v) is 9.89. The van der Waals surface area contributed by atoms with E-state index in [4.69, 9.17) is 0 Å². The molecular formula is C12H26N2. The molecule has 0 saturated carbocycles. The molecule has 14 heavy (non-hydrogen) atoms. The van der Waals surface area contributed by atoms with Crippen molar-refractivity contribution in [1.82, 2.24) is 10.2 Å². The number of hydrogen-bond donors (Lipinski definition) is 1. The lowest BCUT2D eigenvalue weighted by Gasteiger charge is -2.20. The Kier molecular flexibility index (Phi) is 6.20. The SMILES string of the molecule is CNCCCCCCN1CCCC1C. The summed E-state index contributed by atoms with van der Waals surface area (Å²) >= 11 is 0. The largest absolute Gasteiger partial charge is 0.320 e. The number of hydrogen-bond acceptors (Lipinski definition) is 2. The van der Waals surface area contributed by atoms with Gasteiger partial charge in [-0.3, -0.25) is 0 Å². The fraction of sp³-hybridized carbons (Fsp3) is 1.00. The van der Waals surface area contributed by atoms with Gasteiger partial charge in [0.1, 0.15) is 0 Å². The van der Waals surface area contributed by atoms with Crippen molar-refractivity contribution in [3.8, 4) is 0 Å². The van der Waals surface area contributed by atoms with Crippen LogP contribution in [0.1, 0.15) is 45.4 Å². The summed E-state index contributed by atoms with van der Waals surface area (Å²) in [5, 5.41) is 3.20. The molecule has 0 bridgehead atoms. The molecule has 1 saturated heterocycles. The van der Waals surface area contributed by atoms with Gasteiger partial charge in [0.15, 0.2) is 0 Å². The fourth-order valence-corrected chi connectivity index (χ4v) is 2.30. The molecule has 1 N–H and O–H groups in total. The lowest BCUT2D eigenvalue weighted by atomic mass is 10.2. The van der Waals surface area contributed by atoms with Crippen LogP contribution in [-0.2, 0) is 0 Å². The quantitative estimate of drug-likeness (QED) is 0.631. The molecule has 1 unspecified atom stereocenters. The van der Waals surface area contributed by atoms with E-state index in [-0.39, 0.29) is 0 Å². The Hall–Kier alpha value is -0.0800. The van der Waals surface area contributed by atoms with Crippen LogP contribution in [0, 0.1) is 0 Å². The van der Waals surface area contributed by atoms with Crippen molar-refractivity contribution in [2.24, 2.45) is 0 Å². The van der Waals surface area contributed by atoms with Crippen LogP contribution in [-0.4, -0.2) is 37.6 Å². The summed E-state index contributed by atoms with van der Waals surface area (Å²) in [6.07, 6.45) is 8.37. The minimum atomic E-state index is 0.854. The van der Waals surface area contributed by atoms with Gasteiger partial charge < -0.3 is 10.2 Å². The van der Waals surface area contributed by atoms with Gasteiger partial charge in [0.05, 0.1) is 0 Å². The minimum absolute atomic E-state index is 0.854. The van der Waals surface area contributed by atoms with Crippen molar-refractivity contribution in [3.63, 3.8) is 0 Å². The molecule has 1 fully saturated rings. The van der Waals surface area contributed by atoms with Gasteiger partial charge in [-0.25, -0.2) is 0 Å². The maximum atomic E-state index is 3.20. The highest BCUT2D eigenvalue weighted by Gasteiger charge is 2.18. The summed E-state index contributed by atoms with van der Waals surface area (Å²) in [4.78, 5) is 2.65. The highest BCUT2D eigenvalue weighted by molar-refractivity contribution is 4.74. The summed E-state index contributed by atoms with van der Waals surface area (Å²) in [7, 11) is 2.03. The van der Waals surface area contributed by atoms with Gasteiger partial charge >= 0.3 is 0 Å². The van der Waals surface area contributed by atoms with Gasteiger partial charge in [-0.15, -0.1) is 0 Å². The van der Waals surface area contributed by atoms with E-state index in [0.717, 1.165) is 6.04 Å². The molecule has 0 aliphatic carbocycles. The van der Waals surface area contributed by atoms with Crippen molar-refractivity contribution < 1.29 is 0 Å². The average molecular weight is 198 g/mol. The number of nitrogens with zero attached hydrogens (tertiary/aromatic N) is 1. The maximum absolute atomic E-state index is 3.20. The van der Waals surface area contributed by atoms with Gasteiger partial charge in [0.2, 0.25) is 0 Å². The molecule has 0 aromatic carbocycles. The maximum Gasteiger partial charge on any atom is 0.00674 e. The summed E-state index contributed by atoms with van der Waals surface area (Å²) in [5.74, 6) is 0. The van der Waals surface area contributed by atoms with Crippen LogP contribution < -0.4 is 5.32 Å². The van der Waals surface area contributed by atoms with Crippen LogP contribution in [0.2, 0.25) is 0 Å². The van der Waals surface area contributed by atoms with Crippen molar-refractivity contribution in [2.45, 2.75) is 51.5 Å². The van der Waals surface area contributed by atoms with E-state index in [1.807, 2.05) is 7.05 Å². The lowest BCUT2D eigenvalue weighted by molar-refractivity contribution is 0.262. The van der Waals surface area contributed by atoms with Crippen LogP contribution in [0.15, 0.2) is 0 Å². The molecule has 0 aromatic rings. The molecule has 0 radical (unpaired) electrons. The Balaban J connectivity index is 1.88. The Bertz CT molecular complexity index is 136. The Morgan fingerprint density at radius 2 is 2.00 bits per heavy atom. The van der Waals surface area contributed by atoms with E-state index < -0.39 is 0 Å². The molecule has 1 aliphatic heterocycles. The van der Waals surface area contributed by atoms with E-state index in [9.17, 15) is 0 Å². The van der Waals surface area contributed by atoms with E-state index in [0.29, 0.717) is 0 Å². The number of nitrogens with one attached hydrogen (secondary N) is 1. The molecule has 0 amide bonds. The second-order valence-corrected chi connectivity index (χ2v) is 4.54. The van der Waals surface area contributed by atoms with E-state index in [1.165, 1.54) is 58.2 Å². The van der Waals surface area contributed by atoms with Crippen LogP contribution in [0.25, 0.3) is 0 Å². The zero-order chi connectivity index (χ0) is 10.2. The highest BCUT2D eigenvalue weighted by Crippen LogP contribution is 2.16. The van der Waals surface area contributed by atoms with Crippen molar-refractivity contribution >= 4 is 0 Å². The lowest BCUT2D eigenvalue weighted by Crippen LogP contribution is -2.27. The molecule has 1 atom stereocenters. The second kappa shape index (κ2) is 7.24. The van der Waals surface area contributed by atoms with Crippen molar-refractivity contribution in [3.05, 3.63) is 0 Å². The molecule has 1 aliphatic rings. The molecule has 1 rings (SSSR count). The first-order valence-corrected chi connectivity index (χ1v) is 6.23. The summed E-state index contributed by atoms with van der Waals surface area (Å²) < 4.78 is 0. The Labute approximate surface area is 89.1 Å². The molecule has 0 spiro atoms. The van der Waals surface area contributed by atoms with E-state index in [1.54, 1.807) is 0 Å². The molecular weight excluding hydrogens is 172 g/mol. The predicted molar refractivity (Wildman–Crippen MR) is 62.7 cm³/mol. The van der Waals surface area contributed by atoms with Gasteiger partial charge in [-0.2, -0.15) is 0 Å². The summed E-state index contributed by atoms with van der Waals surface area (Å²) in [6.45, 7) is 6.23. The molecule has 1 heterocycles. The topological polar surface area (TPSA) is 15.3 Å². The van der Waals surface area contributed by atoms with E-state index in [2.05, 4.69) is 17.1 Å². The third-order valence-electron chi connectivity index (χ3n) is 3.31. The van der Waals surface area contributed by atoms with Crippen LogP contribution >= 0.6 is 0 Å². The van der Waals surface area contributed by atoms with Gasteiger partial charge in [0.25, 0.3) is 0 Å². The number of rotatable bonds is 7. The first-order valence-electron chi connectivity index (χ1n) is 6.23. The monoisotopic (exact) mass is 198 g/mol. The van der Waals surface area contributed by atoms with E-state index >= 15 is 0 Å². The Morgan fingerprint density at radius 1 is 1.21 bits per heavy atom.